The number of aromatic nitrogens is 2. The van der Waals surface area contributed by atoms with E-state index in [2.05, 4.69) is 9.97 Å². The molecule has 0 bridgehead atoms. The van der Waals surface area contributed by atoms with Gasteiger partial charge in [-0.05, 0) is 40.7 Å². The Morgan fingerprint density at radius 1 is 1.12 bits per heavy atom. The Morgan fingerprint density at radius 2 is 1.72 bits per heavy atom. The quantitative estimate of drug-likeness (QED) is 0.604. The number of hydrogen-bond acceptors (Lipinski definition) is 6. The van der Waals surface area contributed by atoms with Gasteiger partial charge in [0, 0.05) is 11.1 Å². The number of Topliss-reactive ketones (excluding diaryl/α,β-unsaturated/α-hetero) is 2. The van der Waals surface area contributed by atoms with Crippen molar-refractivity contribution < 1.29 is 14.3 Å². The van der Waals surface area contributed by atoms with Crippen molar-refractivity contribution in [3.05, 3.63) is 28.9 Å². The third kappa shape index (κ3) is 3.07. The van der Waals surface area contributed by atoms with Gasteiger partial charge >= 0.3 is 0 Å². The Kier molecular flexibility index (Phi) is 4.20. The van der Waals surface area contributed by atoms with Gasteiger partial charge in [0.2, 0.25) is 0 Å². The molecule has 3 heterocycles. The maximum Gasteiger partial charge on any atom is 0.180 e. The first-order valence-corrected chi connectivity index (χ1v) is 9.04. The van der Waals surface area contributed by atoms with E-state index in [1.54, 1.807) is 33.9 Å². The van der Waals surface area contributed by atoms with Crippen LogP contribution in [0.2, 0.25) is 0 Å². The summed E-state index contributed by atoms with van der Waals surface area (Å²) < 4.78 is 5.75. The van der Waals surface area contributed by atoms with Gasteiger partial charge < -0.3 is 4.74 Å². The molecule has 1 fully saturated rings. The van der Waals surface area contributed by atoms with Crippen LogP contribution in [0, 0.1) is 6.92 Å². The molecule has 2 aromatic rings. The molecule has 0 aliphatic carbocycles. The number of aryl methyl sites for hydroxylation is 1. The lowest BCUT2D eigenvalue weighted by molar-refractivity contribution is -0.184. The van der Waals surface area contributed by atoms with Crippen molar-refractivity contribution in [2.45, 2.75) is 51.7 Å². The monoisotopic (exact) mass is 356 g/mol. The number of thiazole rings is 1. The van der Waals surface area contributed by atoms with Crippen LogP contribution in [0.15, 0.2) is 18.3 Å². The highest BCUT2D eigenvalue weighted by Gasteiger charge is 2.54. The van der Waals surface area contributed by atoms with Crippen LogP contribution in [-0.4, -0.2) is 40.6 Å². The Morgan fingerprint density at radius 3 is 2.24 bits per heavy atom. The first kappa shape index (κ1) is 18.0. The van der Waals surface area contributed by atoms with E-state index in [0.29, 0.717) is 5.69 Å². The predicted molar refractivity (Wildman–Crippen MR) is 100 cm³/mol. The van der Waals surface area contributed by atoms with E-state index in [1.807, 2.05) is 26.9 Å². The number of ketones is 2. The Balaban J connectivity index is 2.07. The highest BCUT2D eigenvalue weighted by atomic mass is 32.1. The Hall–Kier alpha value is -1.86. The molecule has 3 rings (SSSR count). The number of carbonyl (C=O) groups excluding carboxylic acids is 2. The molecule has 2 aromatic heterocycles. The van der Waals surface area contributed by atoms with E-state index >= 15 is 0 Å². The lowest BCUT2D eigenvalue weighted by Crippen LogP contribution is -2.58. The van der Waals surface area contributed by atoms with Crippen LogP contribution in [0.5, 0.6) is 0 Å². The summed E-state index contributed by atoms with van der Waals surface area (Å²) in [4.78, 5) is 35.7. The number of carbonyl (C=O) groups is 2. The topological polar surface area (TPSA) is 69.2 Å². The molecule has 25 heavy (non-hydrogen) atoms. The number of nitrogens with zero attached hydrogens (tertiary/aromatic N) is 2. The van der Waals surface area contributed by atoms with Crippen LogP contribution in [0.25, 0.3) is 10.7 Å². The summed E-state index contributed by atoms with van der Waals surface area (Å²) in [5.41, 5.74) is 0.286. The third-order valence-corrected chi connectivity index (χ3v) is 5.47. The molecule has 0 aromatic carbocycles. The van der Waals surface area contributed by atoms with Crippen LogP contribution < -0.4 is 5.46 Å². The van der Waals surface area contributed by atoms with Crippen LogP contribution in [0.4, 0.5) is 0 Å². The number of rotatable bonds is 2. The van der Waals surface area contributed by atoms with Gasteiger partial charge in [0.1, 0.15) is 30.0 Å². The molecule has 0 amide bonds. The fourth-order valence-corrected chi connectivity index (χ4v) is 4.11. The van der Waals surface area contributed by atoms with Crippen molar-refractivity contribution in [3.8, 4) is 10.7 Å². The first-order valence-electron chi connectivity index (χ1n) is 8.22. The van der Waals surface area contributed by atoms with E-state index < -0.39 is 17.1 Å². The van der Waals surface area contributed by atoms with Gasteiger partial charge in [0.15, 0.2) is 11.6 Å². The largest absolute Gasteiger partial charge is 0.354 e. The predicted octanol–water partition coefficient (Wildman–Crippen LogP) is 1.58. The van der Waals surface area contributed by atoms with Gasteiger partial charge in [-0.2, -0.15) is 0 Å². The Labute approximate surface area is 152 Å². The molecule has 0 spiro atoms. The minimum atomic E-state index is -1.03. The molecule has 130 valence electrons. The van der Waals surface area contributed by atoms with Gasteiger partial charge in [-0.1, -0.05) is 11.5 Å². The third-order valence-electron chi connectivity index (χ3n) is 4.46. The lowest BCUT2D eigenvalue weighted by atomic mass is 9.76. The molecule has 5 nitrogen and oxygen atoms in total. The Bertz CT molecular complexity index is 830. The number of hydrogen-bond donors (Lipinski definition) is 0. The molecule has 1 aliphatic heterocycles. The lowest BCUT2D eigenvalue weighted by Gasteiger charge is -2.42. The summed E-state index contributed by atoms with van der Waals surface area (Å²) in [5, 5.41) is 0.718. The summed E-state index contributed by atoms with van der Waals surface area (Å²) in [5.74, 6) is -1.38. The minimum Gasteiger partial charge on any atom is -0.354 e. The summed E-state index contributed by atoms with van der Waals surface area (Å²) >= 11 is 1.45. The van der Waals surface area contributed by atoms with Crippen molar-refractivity contribution in [1.29, 1.82) is 0 Å². The number of ether oxygens (including phenoxy) is 1. The van der Waals surface area contributed by atoms with Gasteiger partial charge in [-0.3, -0.25) is 14.6 Å². The van der Waals surface area contributed by atoms with Crippen LogP contribution in [0.1, 0.15) is 44.2 Å². The molecule has 1 aliphatic rings. The van der Waals surface area contributed by atoms with Gasteiger partial charge in [0.05, 0.1) is 11.4 Å². The van der Waals surface area contributed by atoms with Gasteiger partial charge in [-0.25, -0.2) is 4.98 Å². The summed E-state index contributed by atoms with van der Waals surface area (Å²) in [6.07, 6.45) is 1.78. The number of pyridine rings is 1. The zero-order chi connectivity index (χ0) is 18.6. The second-order valence-electron chi connectivity index (χ2n) is 7.47. The maximum atomic E-state index is 12.9. The molecule has 7 heteroatoms. The van der Waals surface area contributed by atoms with Crippen molar-refractivity contribution >= 4 is 36.2 Å². The van der Waals surface area contributed by atoms with Gasteiger partial charge in [-0.15, -0.1) is 11.3 Å². The molecule has 0 unspecified atom stereocenters. The van der Waals surface area contributed by atoms with Crippen LogP contribution in [0.3, 0.4) is 0 Å². The molecule has 0 atom stereocenters. The molecule has 0 saturated carbocycles. The second-order valence-corrected chi connectivity index (χ2v) is 8.67. The molecule has 1 saturated heterocycles. The van der Waals surface area contributed by atoms with Gasteiger partial charge in [0.25, 0.3) is 0 Å². The van der Waals surface area contributed by atoms with E-state index in [0.717, 1.165) is 21.0 Å². The second kappa shape index (κ2) is 5.85. The summed E-state index contributed by atoms with van der Waals surface area (Å²) in [7, 11) is 1.97. The minimum absolute atomic E-state index is 0.242. The van der Waals surface area contributed by atoms with Crippen LogP contribution in [-0.2, 0) is 14.3 Å². The van der Waals surface area contributed by atoms with Crippen molar-refractivity contribution in [1.82, 2.24) is 9.97 Å². The zero-order valence-electron chi connectivity index (χ0n) is 15.3. The van der Waals surface area contributed by atoms with E-state index in [4.69, 9.17) is 4.74 Å². The normalized spacial score (nSPS) is 20.0. The standard InChI is InChI=1S/C18H21BN2O3S/c1-9-13(21-16(25-9)11-7-6-10(19)8-20-11)12-14(22)17(2,3)24-18(4,5)15(12)23/h6-8,12H,19H2,1-5H3. The SMILES string of the molecule is Bc1ccc(-c2nc(C3C(=O)C(C)(C)OC(C)(C)C3=O)c(C)s2)nc1. The first-order chi connectivity index (χ1) is 11.5. The van der Waals surface area contributed by atoms with Crippen LogP contribution >= 0.6 is 11.3 Å². The van der Waals surface area contributed by atoms with Crippen molar-refractivity contribution in [2.75, 3.05) is 0 Å². The highest BCUT2D eigenvalue weighted by molar-refractivity contribution is 7.15. The van der Waals surface area contributed by atoms with E-state index in [9.17, 15) is 9.59 Å². The summed E-state index contributed by atoms with van der Waals surface area (Å²) in [6.45, 7) is 8.73. The highest BCUT2D eigenvalue weighted by Crippen LogP contribution is 2.41. The van der Waals surface area contributed by atoms with E-state index in [-0.39, 0.29) is 11.6 Å². The van der Waals surface area contributed by atoms with Crippen molar-refractivity contribution in [3.63, 3.8) is 0 Å². The van der Waals surface area contributed by atoms with E-state index in [1.165, 1.54) is 11.3 Å². The average Bonchev–Trinajstić information content (AvgIpc) is 2.88. The average molecular weight is 356 g/mol. The fraction of sp³-hybridized carbons (Fsp3) is 0.444. The molecule has 0 N–H and O–H groups in total. The fourth-order valence-electron chi connectivity index (χ4n) is 3.18. The van der Waals surface area contributed by atoms with Crippen molar-refractivity contribution in [2.24, 2.45) is 0 Å². The maximum absolute atomic E-state index is 12.9. The molecule has 0 radical (unpaired) electrons. The summed E-state index contributed by atoms with van der Waals surface area (Å²) in [6, 6.07) is 3.87. The molecular formula is C18H21BN2O3S. The smallest absolute Gasteiger partial charge is 0.180 e. The molecular weight excluding hydrogens is 335 g/mol. The zero-order valence-corrected chi connectivity index (χ0v) is 16.2.